The summed E-state index contributed by atoms with van der Waals surface area (Å²) in [6.07, 6.45) is 103. The Bertz CT molecular complexity index is 1410. The zero-order valence-electron chi connectivity index (χ0n) is 61.4. The van der Waals surface area contributed by atoms with Crippen LogP contribution in [0.2, 0.25) is 0 Å². The van der Waals surface area contributed by atoms with Crippen molar-refractivity contribution in [2.75, 3.05) is 13.2 Å². The molecule has 0 aliphatic rings. The number of hydrogen-bond acceptors (Lipinski definition) is 5. The first-order valence-electron chi connectivity index (χ1n) is 41.6. The first-order chi connectivity index (χ1) is 44.5. The number of carbonyl (C=O) groups is 2. The Labute approximate surface area is 564 Å². The molecule has 0 bridgehead atoms. The topological polar surface area (TPSA) is 95.9 Å². The third-order valence-electron chi connectivity index (χ3n) is 19.7. The molecule has 0 rings (SSSR count). The predicted molar refractivity (Wildman–Crippen MR) is 398 cm³/mol. The average Bonchev–Trinajstić information content (AvgIpc) is 3.71. The van der Waals surface area contributed by atoms with Crippen LogP contribution in [0.25, 0.3) is 0 Å². The standard InChI is InChI=1S/C84H163NO5/c1-3-5-7-9-11-13-15-17-18-19-20-21-37-40-43-46-49-53-56-60-64-68-72-76-82(87)81(80-86)85-83(88)77-73-69-65-61-57-54-50-47-44-41-38-35-33-31-29-27-25-23-22-24-26-28-30-32-34-36-39-42-45-48-51-55-59-63-67-71-75-79-90-84(89)78-74-70-66-62-58-52-16-14-12-10-8-6-4-2/h14,16,72,76,81-82,86-87H,3-13,15,17-71,73-75,77-80H2,1-2H3,(H,85,88)/b16-14-,76-72+. The van der Waals surface area contributed by atoms with E-state index in [1.807, 2.05) is 6.08 Å². The lowest BCUT2D eigenvalue weighted by atomic mass is 10.0. The summed E-state index contributed by atoms with van der Waals surface area (Å²) in [5.74, 6) is -0.0420. The fourth-order valence-corrected chi connectivity index (χ4v) is 13.4. The van der Waals surface area contributed by atoms with E-state index >= 15 is 0 Å². The molecule has 6 nitrogen and oxygen atoms in total. The number of allylic oxidation sites excluding steroid dienone is 3. The quantitative estimate of drug-likeness (QED) is 0.0320. The number of aliphatic hydroxyl groups excluding tert-OH is 2. The molecule has 0 aromatic rings. The number of nitrogens with one attached hydrogen (secondary N) is 1. The summed E-state index contributed by atoms with van der Waals surface area (Å²) < 4.78 is 5.49. The molecule has 0 heterocycles. The molecule has 90 heavy (non-hydrogen) atoms. The van der Waals surface area contributed by atoms with Crippen molar-refractivity contribution < 1.29 is 24.5 Å². The van der Waals surface area contributed by atoms with Crippen molar-refractivity contribution in [3.63, 3.8) is 0 Å². The SMILES string of the molecule is CCCCCC/C=C\CCCCCCCC(=O)OCCCCCCCCCCCCCCCCCCCCCCCCCCCCCCCCCCCCCCCC(=O)NC(CO)C(O)/C=C/CCCCCCCCCCCCCCCCCCCCCCC. The fraction of sp³-hybridized carbons (Fsp3) is 0.929. The van der Waals surface area contributed by atoms with Gasteiger partial charge in [-0.1, -0.05) is 430 Å². The van der Waals surface area contributed by atoms with Crippen molar-refractivity contribution in [2.24, 2.45) is 0 Å². The second-order valence-electron chi connectivity index (χ2n) is 28.8. The van der Waals surface area contributed by atoms with Crippen molar-refractivity contribution >= 4 is 11.9 Å². The number of unbranched alkanes of at least 4 members (excludes halogenated alkanes) is 66. The Morgan fingerprint density at radius 1 is 0.300 bits per heavy atom. The van der Waals surface area contributed by atoms with Gasteiger partial charge in [-0.2, -0.15) is 0 Å². The minimum atomic E-state index is -0.842. The van der Waals surface area contributed by atoms with E-state index in [4.69, 9.17) is 4.74 Å². The van der Waals surface area contributed by atoms with Gasteiger partial charge in [0.25, 0.3) is 0 Å². The molecule has 0 saturated heterocycles. The molecular weight excluding hydrogens is 1100 g/mol. The van der Waals surface area contributed by atoms with Crippen LogP contribution >= 0.6 is 0 Å². The molecule has 0 aliphatic heterocycles. The molecular formula is C84H163NO5. The maximum Gasteiger partial charge on any atom is 0.305 e. The van der Waals surface area contributed by atoms with E-state index in [1.165, 1.54) is 405 Å². The van der Waals surface area contributed by atoms with E-state index in [0.29, 0.717) is 19.4 Å². The lowest BCUT2D eigenvalue weighted by Crippen LogP contribution is -2.45. The summed E-state index contributed by atoms with van der Waals surface area (Å²) in [4.78, 5) is 24.6. The minimum Gasteiger partial charge on any atom is -0.466 e. The van der Waals surface area contributed by atoms with E-state index in [1.54, 1.807) is 6.08 Å². The van der Waals surface area contributed by atoms with E-state index in [-0.39, 0.29) is 18.5 Å². The van der Waals surface area contributed by atoms with Crippen molar-refractivity contribution in [3.8, 4) is 0 Å². The Balaban J connectivity index is 3.33. The number of rotatable bonds is 79. The first kappa shape index (κ1) is 88.3. The highest BCUT2D eigenvalue weighted by Gasteiger charge is 2.18. The summed E-state index contributed by atoms with van der Waals surface area (Å²) in [6, 6.07) is -0.624. The summed E-state index contributed by atoms with van der Waals surface area (Å²) >= 11 is 0. The van der Waals surface area contributed by atoms with Gasteiger partial charge in [0.2, 0.25) is 5.91 Å². The molecule has 0 spiro atoms. The van der Waals surface area contributed by atoms with Gasteiger partial charge in [0.15, 0.2) is 0 Å². The van der Waals surface area contributed by atoms with Gasteiger partial charge in [0.1, 0.15) is 0 Å². The second-order valence-corrected chi connectivity index (χ2v) is 28.8. The van der Waals surface area contributed by atoms with Gasteiger partial charge >= 0.3 is 5.97 Å². The molecule has 1 amide bonds. The van der Waals surface area contributed by atoms with Crippen molar-refractivity contribution in [2.45, 2.75) is 488 Å². The highest BCUT2D eigenvalue weighted by molar-refractivity contribution is 5.76. The monoisotopic (exact) mass is 1270 g/mol. The van der Waals surface area contributed by atoms with Gasteiger partial charge in [0, 0.05) is 12.8 Å². The highest BCUT2D eigenvalue weighted by Crippen LogP contribution is 2.21. The number of aliphatic hydroxyl groups is 2. The Morgan fingerprint density at radius 3 is 0.800 bits per heavy atom. The lowest BCUT2D eigenvalue weighted by Gasteiger charge is -2.20. The summed E-state index contributed by atoms with van der Waals surface area (Å²) in [5.41, 5.74) is 0. The van der Waals surface area contributed by atoms with Gasteiger partial charge in [-0.05, 0) is 57.8 Å². The number of ether oxygens (including phenoxy) is 1. The number of hydrogen-bond donors (Lipinski definition) is 3. The predicted octanol–water partition coefficient (Wildman–Crippen LogP) is 27.6. The van der Waals surface area contributed by atoms with Crippen LogP contribution in [0, 0.1) is 0 Å². The number of carbonyl (C=O) groups excluding carboxylic acids is 2. The molecule has 0 aromatic heterocycles. The fourth-order valence-electron chi connectivity index (χ4n) is 13.4. The van der Waals surface area contributed by atoms with Crippen LogP contribution in [0.5, 0.6) is 0 Å². The van der Waals surface area contributed by atoms with Gasteiger partial charge in [-0.3, -0.25) is 9.59 Å². The van der Waals surface area contributed by atoms with E-state index in [2.05, 4.69) is 31.3 Å². The summed E-state index contributed by atoms with van der Waals surface area (Å²) in [7, 11) is 0. The minimum absolute atomic E-state index is 0.0148. The van der Waals surface area contributed by atoms with Crippen molar-refractivity contribution in [3.05, 3.63) is 24.3 Å². The van der Waals surface area contributed by atoms with E-state index in [9.17, 15) is 19.8 Å². The van der Waals surface area contributed by atoms with Crippen LogP contribution in [0.3, 0.4) is 0 Å². The van der Waals surface area contributed by atoms with Crippen LogP contribution in [0.1, 0.15) is 476 Å². The van der Waals surface area contributed by atoms with Crippen LogP contribution in [-0.2, 0) is 14.3 Å². The Kier molecular flexibility index (Phi) is 78.3. The zero-order chi connectivity index (χ0) is 64.9. The van der Waals surface area contributed by atoms with E-state index < -0.39 is 12.1 Å². The smallest absolute Gasteiger partial charge is 0.305 e. The second kappa shape index (κ2) is 79.8. The third kappa shape index (κ3) is 75.4. The van der Waals surface area contributed by atoms with Gasteiger partial charge in [-0.15, -0.1) is 0 Å². The van der Waals surface area contributed by atoms with Crippen molar-refractivity contribution in [1.29, 1.82) is 0 Å². The number of esters is 1. The van der Waals surface area contributed by atoms with Gasteiger partial charge in [-0.25, -0.2) is 0 Å². The van der Waals surface area contributed by atoms with Crippen LogP contribution < -0.4 is 5.32 Å². The molecule has 2 unspecified atom stereocenters. The Hall–Kier alpha value is -1.66. The molecule has 2 atom stereocenters. The normalized spacial score (nSPS) is 12.5. The van der Waals surface area contributed by atoms with Gasteiger partial charge in [0.05, 0.1) is 25.4 Å². The van der Waals surface area contributed by atoms with Crippen LogP contribution in [-0.4, -0.2) is 47.4 Å². The first-order valence-corrected chi connectivity index (χ1v) is 41.6. The van der Waals surface area contributed by atoms with Gasteiger partial charge < -0.3 is 20.3 Å². The lowest BCUT2D eigenvalue weighted by molar-refractivity contribution is -0.143. The molecule has 3 N–H and O–H groups in total. The molecule has 0 saturated carbocycles. The summed E-state index contributed by atoms with van der Waals surface area (Å²) in [5, 5.41) is 23.3. The maximum absolute atomic E-state index is 12.6. The molecule has 0 fully saturated rings. The molecule has 534 valence electrons. The third-order valence-corrected chi connectivity index (χ3v) is 19.7. The maximum atomic E-state index is 12.6. The van der Waals surface area contributed by atoms with Crippen molar-refractivity contribution in [1.82, 2.24) is 5.32 Å². The number of amides is 1. The summed E-state index contributed by atoms with van der Waals surface area (Å²) in [6.45, 7) is 4.94. The zero-order valence-corrected chi connectivity index (χ0v) is 61.4. The van der Waals surface area contributed by atoms with E-state index in [0.717, 1.165) is 44.9 Å². The largest absolute Gasteiger partial charge is 0.466 e. The van der Waals surface area contributed by atoms with Crippen LogP contribution in [0.15, 0.2) is 24.3 Å². The molecule has 0 aromatic carbocycles. The highest BCUT2D eigenvalue weighted by atomic mass is 16.5. The molecule has 0 radical (unpaired) electrons. The molecule has 6 heteroatoms. The van der Waals surface area contributed by atoms with Crippen LogP contribution in [0.4, 0.5) is 0 Å². The average molecular weight is 1270 g/mol. The molecule has 0 aliphatic carbocycles. The Morgan fingerprint density at radius 2 is 0.522 bits per heavy atom.